The molecule has 0 aliphatic heterocycles. The fourth-order valence-electron chi connectivity index (χ4n) is 2.41. The van der Waals surface area contributed by atoms with Gasteiger partial charge in [0.1, 0.15) is 12.2 Å². The number of carbonyl (C=O) groups excluding carboxylic acids is 2. The number of carbonyl (C=O) groups is 3. The highest BCUT2D eigenvalue weighted by Gasteiger charge is 2.24. The molecule has 3 N–H and O–H groups in total. The van der Waals surface area contributed by atoms with Crippen LogP contribution in [0.4, 0.5) is 0 Å². The van der Waals surface area contributed by atoms with Crippen LogP contribution in [0, 0.1) is 5.92 Å². The molecule has 8 nitrogen and oxygen atoms in total. The normalized spacial score (nSPS) is 10.7. The van der Waals surface area contributed by atoms with Crippen LogP contribution in [0.1, 0.15) is 34.8 Å². The van der Waals surface area contributed by atoms with Gasteiger partial charge in [-0.05, 0) is 18.1 Å². The molecule has 0 spiro atoms. The summed E-state index contributed by atoms with van der Waals surface area (Å²) in [5.74, 6) is -2.33. The minimum atomic E-state index is -1.12. The van der Waals surface area contributed by atoms with Gasteiger partial charge in [0.15, 0.2) is 5.69 Å². The summed E-state index contributed by atoms with van der Waals surface area (Å²) in [7, 11) is 0. The summed E-state index contributed by atoms with van der Waals surface area (Å²) in [6, 6.07) is 10.1. The lowest BCUT2D eigenvalue weighted by molar-refractivity contribution is -0.137. The predicted molar refractivity (Wildman–Crippen MR) is 90.5 cm³/mol. The first kappa shape index (κ1) is 18.2. The number of aromatic nitrogens is 2. The van der Waals surface area contributed by atoms with Crippen molar-refractivity contribution >= 4 is 17.8 Å². The maximum Gasteiger partial charge on any atom is 0.323 e. The average Bonchev–Trinajstić information content (AvgIpc) is 2.99. The first-order valence-corrected chi connectivity index (χ1v) is 7.76. The van der Waals surface area contributed by atoms with Crippen molar-refractivity contribution in [2.45, 2.75) is 13.8 Å². The number of carboxylic acid groups (broad SMARTS) is 1. The molecule has 0 saturated carbocycles. The second-order valence-electron chi connectivity index (χ2n) is 6.00. The second kappa shape index (κ2) is 7.61. The van der Waals surface area contributed by atoms with Crippen LogP contribution in [0.15, 0.2) is 36.4 Å². The van der Waals surface area contributed by atoms with E-state index in [-0.39, 0.29) is 23.9 Å². The van der Waals surface area contributed by atoms with E-state index < -0.39 is 24.3 Å². The molecule has 2 aromatic rings. The number of benzene rings is 1. The Labute approximate surface area is 144 Å². The number of nitrogens with zero attached hydrogens (tertiary/aromatic N) is 3. The van der Waals surface area contributed by atoms with Gasteiger partial charge < -0.3 is 15.7 Å². The van der Waals surface area contributed by atoms with Crippen LogP contribution in [0.5, 0.6) is 0 Å². The zero-order valence-electron chi connectivity index (χ0n) is 14.0. The van der Waals surface area contributed by atoms with Gasteiger partial charge in [-0.15, -0.1) is 0 Å². The highest BCUT2D eigenvalue weighted by Crippen LogP contribution is 2.14. The van der Waals surface area contributed by atoms with Gasteiger partial charge in [-0.25, -0.2) is 4.68 Å². The quantitative estimate of drug-likeness (QED) is 0.781. The number of hydrogen-bond donors (Lipinski definition) is 2. The molecule has 0 aliphatic carbocycles. The van der Waals surface area contributed by atoms with Crippen LogP contribution < -0.4 is 5.73 Å². The molecule has 1 aromatic carbocycles. The van der Waals surface area contributed by atoms with Crippen LogP contribution in [-0.4, -0.2) is 50.7 Å². The number of para-hydroxylation sites is 1. The van der Waals surface area contributed by atoms with Crippen LogP contribution >= 0.6 is 0 Å². The monoisotopic (exact) mass is 344 g/mol. The fourth-order valence-corrected chi connectivity index (χ4v) is 2.41. The number of aliphatic carboxylic acids is 1. The maximum absolute atomic E-state index is 12.7. The third kappa shape index (κ3) is 4.43. The molecule has 0 atom stereocenters. The number of carboxylic acids is 1. The highest BCUT2D eigenvalue weighted by molar-refractivity contribution is 5.98. The van der Waals surface area contributed by atoms with Crippen molar-refractivity contribution in [1.29, 1.82) is 0 Å². The summed E-state index contributed by atoms with van der Waals surface area (Å²) in [4.78, 5) is 36.6. The average molecular weight is 344 g/mol. The Morgan fingerprint density at radius 2 is 1.88 bits per heavy atom. The van der Waals surface area contributed by atoms with Crippen molar-refractivity contribution in [2.75, 3.05) is 13.1 Å². The Morgan fingerprint density at radius 3 is 2.40 bits per heavy atom. The van der Waals surface area contributed by atoms with Crippen LogP contribution in [0.3, 0.4) is 0 Å². The first-order chi connectivity index (χ1) is 11.8. The van der Waals surface area contributed by atoms with Crippen molar-refractivity contribution < 1.29 is 19.5 Å². The summed E-state index contributed by atoms with van der Waals surface area (Å²) in [5.41, 5.74) is 5.98. The number of nitrogens with two attached hydrogens (primary N) is 1. The minimum Gasteiger partial charge on any atom is -0.480 e. The lowest BCUT2D eigenvalue weighted by atomic mass is 10.2. The van der Waals surface area contributed by atoms with E-state index in [9.17, 15) is 14.4 Å². The van der Waals surface area contributed by atoms with E-state index in [1.165, 1.54) is 15.6 Å². The summed E-state index contributed by atoms with van der Waals surface area (Å²) in [6.45, 7) is 3.56. The van der Waals surface area contributed by atoms with E-state index in [1.807, 2.05) is 13.8 Å². The van der Waals surface area contributed by atoms with Crippen molar-refractivity contribution in [3.05, 3.63) is 47.8 Å². The molecular weight excluding hydrogens is 324 g/mol. The van der Waals surface area contributed by atoms with Gasteiger partial charge in [-0.2, -0.15) is 5.10 Å². The molecule has 25 heavy (non-hydrogen) atoms. The number of amides is 2. The molecule has 0 bridgehead atoms. The molecule has 1 aromatic heterocycles. The lowest BCUT2D eigenvalue weighted by Gasteiger charge is -2.21. The van der Waals surface area contributed by atoms with Crippen molar-refractivity contribution in [3.8, 4) is 5.69 Å². The summed E-state index contributed by atoms with van der Waals surface area (Å²) in [6.07, 6.45) is 0. The SMILES string of the molecule is CC(C)CN(CC(=O)O)C(=O)c1cc(C(N)=O)n(-c2ccccc2)n1. The topological polar surface area (TPSA) is 119 Å². The standard InChI is InChI=1S/C17H20N4O4/c1-11(2)9-20(10-15(22)23)17(25)13-8-14(16(18)24)21(19-13)12-6-4-3-5-7-12/h3-8,11H,9-10H2,1-2H3,(H2,18,24)(H,22,23). The molecule has 0 fully saturated rings. The van der Waals surface area contributed by atoms with E-state index >= 15 is 0 Å². The van der Waals surface area contributed by atoms with Crippen LogP contribution in [-0.2, 0) is 4.79 Å². The summed E-state index contributed by atoms with van der Waals surface area (Å²) in [5, 5.41) is 13.2. The molecule has 8 heteroatoms. The molecule has 2 amide bonds. The van der Waals surface area contributed by atoms with Gasteiger partial charge in [0.05, 0.1) is 5.69 Å². The first-order valence-electron chi connectivity index (χ1n) is 7.76. The van der Waals surface area contributed by atoms with E-state index in [0.29, 0.717) is 5.69 Å². The Kier molecular flexibility index (Phi) is 5.53. The van der Waals surface area contributed by atoms with Crippen molar-refractivity contribution in [1.82, 2.24) is 14.7 Å². The maximum atomic E-state index is 12.7. The molecule has 1 heterocycles. The van der Waals surface area contributed by atoms with Crippen LogP contribution in [0.25, 0.3) is 5.69 Å². The third-order valence-electron chi connectivity index (χ3n) is 3.38. The van der Waals surface area contributed by atoms with Gasteiger partial charge in [-0.1, -0.05) is 32.0 Å². The van der Waals surface area contributed by atoms with E-state index in [1.54, 1.807) is 30.3 Å². The Morgan fingerprint density at radius 1 is 1.24 bits per heavy atom. The zero-order chi connectivity index (χ0) is 18.6. The van der Waals surface area contributed by atoms with Gasteiger partial charge in [0, 0.05) is 12.6 Å². The fraction of sp³-hybridized carbons (Fsp3) is 0.294. The Balaban J connectivity index is 2.42. The van der Waals surface area contributed by atoms with Gasteiger partial charge in [0.25, 0.3) is 11.8 Å². The molecule has 0 aliphatic rings. The van der Waals surface area contributed by atoms with E-state index in [4.69, 9.17) is 10.8 Å². The van der Waals surface area contributed by atoms with Gasteiger partial charge in [0.2, 0.25) is 0 Å². The van der Waals surface area contributed by atoms with Gasteiger partial charge >= 0.3 is 5.97 Å². The van der Waals surface area contributed by atoms with E-state index in [2.05, 4.69) is 5.10 Å². The Hall–Kier alpha value is -3.16. The zero-order valence-corrected chi connectivity index (χ0v) is 14.0. The van der Waals surface area contributed by atoms with E-state index in [0.717, 1.165) is 0 Å². The van der Waals surface area contributed by atoms with Crippen molar-refractivity contribution in [3.63, 3.8) is 0 Å². The van der Waals surface area contributed by atoms with Crippen molar-refractivity contribution in [2.24, 2.45) is 11.7 Å². The number of primary amides is 1. The molecule has 0 unspecified atom stereocenters. The molecule has 0 radical (unpaired) electrons. The molecular formula is C17H20N4O4. The summed E-state index contributed by atoms with van der Waals surface area (Å²) >= 11 is 0. The van der Waals surface area contributed by atoms with Crippen LogP contribution in [0.2, 0.25) is 0 Å². The predicted octanol–water partition coefficient (Wildman–Crippen LogP) is 1.15. The smallest absolute Gasteiger partial charge is 0.323 e. The highest BCUT2D eigenvalue weighted by atomic mass is 16.4. The molecule has 132 valence electrons. The largest absolute Gasteiger partial charge is 0.480 e. The third-order valence-corrected chi connectivity index (χ3v) is 3.38. The summed E-state index contributed by atoms with van der Waals surface area (Å²) < 4.78 is 1.28. The van der Waals surface area contributed by atoms with Gasteiger partial charge in [-0.3, -0.25) is 14.4 Å². The molecule has 2 rings (SSSR count). The minimum absolute atomic E-state index is 0.0282. The number of hydrogen-bond acceptors (Lipinski definition) is 4. The molecule has 0 saturated heterocycles. The Bertz CT molecular complexity index is 783. The number of rotatable bonds is 7. The second-order valence-corrected chi connectivity index (χ2v) is 6.00. The lowest BCUT2D eigenvalue weighted by Crippen LogP contribution is -2.38.